The lowest BCUT2D eigenvalue weighted by Crippen LogP contribution is -2.28. The van der Waals surface area contributed by atoms with Crippen molar-refractivity contribution in [2.45, 2.75) is 19.4 Å². The first kappa shape index (κ1) is 10.7. The number of alkyl halides is 3. The summed E-state index contributed by atoms with van der Waals surface area (Å²) in [6.45, 7) is 2.84. The highest BCUT2D eigenvalue weighted by molar-refractivity contribution is 7.92. The van der Waals surface area contributed by atoms with Crippen LogP contribution in [0.25, 0.3) is 0 Å². The Morgan fingerprint density at radius 1 is 1.27 bits per heavy atom. The fourth-order valence-electron chi connectivity index (χ4n) is 0.533. The molecule has 0 aliphatic carbocycles. The van der Waals surface area contributed by atoms with Crippen LogP contribution < -0.4 is 0 Å². The lowest BCUT2D eigenvalue weighted by atomic mass is 10.3. The average Bonchev–Trinajstić information content (AvgIpc) is 1.56. The van der Waals surface area contributed by atoms with Crippen LogP contribution in [0.2, 0.25) is 0 Å². The summed E-state index contributed by atoms with van der Waals surface area (Å²) >= 11 is 0. The highest BCUT2D eigenvalue weighted by Crippen LogP contribution is 2.25. The normalized spacial score (nSPS) is 14.0. The highest BCUT2D eigenvalue weighted by atomic mass is 32.2. The molecule has 0 atom stereocenters. The molecule has 68 valence electrons. The molecule has 0 saturated carbocycles. The molecule has 0 amide bonds. The summed E-state index contributed by atoms with van der Waals surface area (Å²) in [6.07, 6.45) is 0. The second-order valence-electron chi connectivity index (χ2n) is 2.62. The van der Waals surface area contributed by atoms with E-state index in [-0.39, 0.29) is 0 Å². The molecule has 0 N–H and O–H groups in total. The van der Waals surface area contributed by atoms with Gasteiger partial charge < -0.3 is 0 Å². The van der Waals surface area contributed by atoms with Crippen LogP contribution in [0, 0.1) is 5.92 Å². The van der Waals surface area contributed by atoms with E-state index in [0.717, 1.165) is 0 Å². The standard InChI is InChI=1S/C5H9F3O2S/c1-4(2)3-11(9,10)5(6,7)8/h4H,3H2,1-2H3. The predicted octanol–water partition coefficient (Wildman–Crippen LogP) is 1.58. The molecule has 0 aliphatic heterocycles. The van der Waals surface area contributed by atoms with E-state index in [1.54, 1.807) is 0 Å². The van der Waals surface area contributed by atoms with Gasteiger partial charge in [-0.15, -0.1) is 0 Å². The van der Waals surface area contributed by atoms with Crippen LogP contribution in [0.5, 0.6) is 0 Å². The molecular weight excluding hydrogens is 181 g/mol. The molecule has 2 nitrogen and oxygen atoms in total. The first-order valence-electron chi connectivity index (χ1n) is 2.96. The maximum atomic E-state index is 11.6. The fraction of sp³-hybridized carbons (Fsp3) is 1.00. The largest absolute Gasteiger partial charge is 0.497 e. The second kappa shape index (κ2) is 3.00. The van der Waals surface area contributed by atoms with Crippen molar-refractivity contribution in [1.29, 1.82) is 0 Å². The molecule has 0 radical (unpaired) electrons. The molecule has 6 heteroatoms. The Labute approximate surface area is 63.3 Å². The molecule has 0 spiro atoms. The number of halogens is 3. The Morgan fingerprint density at radius 3 is 1.73 bits per heavy atom. The third-order valence-electron chi connectivity index (χ3n) is 0.905. The van der Waals surface area contributed by atoms with Crippen molar-refractivity contribution in [2.75, 3.05) is 5.75 Å². The monoisotopic (exact) mass is 190 g/mol. The van der Waals surface area contributed by atoms with Crippen LogP contribution in [-0.2, 0) is 9.84 Å². The van der Waals surface area contributed by atoms with E-state index in [4.69, 9.17) is 0 Å². The lowest BCUT2D eigenvalue weighted by molar-refractivity contribution is -0.0437. The summed E-state index contributed by atoms with van der Waals surface area (Å²) in [5, 5.41) is 0. The van der Waals surface area contributed by atoms with Crippen molar-refractivity contribution in [2.24, 2.45) is 5.92 Å². The van der Waals surface area contributed by atoms with Crippen LogP contribution in [0.3, 0.4) is 0 Å². The minimum absolute atomic E-state index is 0.498. The van der Waals surface area contributed by atoms with Gasteiger partial charge in [0, 0.05) is 0 Å². The van der Waals surface area contributed by atoms with Gasteiger partial charge in [-0.05, 0) is 5.92 Å². The zero-order valence-electron chi connectivity index (χ0n) is 6.14. The molecule has 0 heterocycles. The summed E-state index contributed by atoms with van der Waals surface area (Å²) in [5.74, 6) is -1.34. The van der Waals surface area contributed by atoms with E-state index in [0.29, 0.717) is 0 Å². The van der Waals surface area contributed by atoms with Crippen molar-refractivity contribution in [3.8, 4) is 0 Å². The van der Waals surface area contributed by atoms with Gasteiger partial charge in [0.25, 0.3) is 0 Å². The van der Waals surface area contributed by atoms with Gasteiger partial charge in [-0.3, -0.25) is 0 Å². The Bertz CT molecular complexity index is 214. The molecule has 0 aromatic carbocycles. The summed E-state index contributed by atoms with van der Waals surface area (Å²) in [5.41, 5.74) is -5.10. The maximum Gasteiger partial charge on any atom is 0.497 e. The average molecular weight is 190 g/mol. The SMILES string of the molecule is CC(C)CS(=O)(=O)C(F)(F)F. The van der Waals surface area contributed by atoms with Gasteiger partial charge in [0.1, 0.15) is 0 Å². The molecule has 0 fully saturated rings. The van der Waals surface area contributed by atoms with Gasteiger partial charge in [0.15, 0.2) is 0 Å². The molecule has 0 aromatic heterocycles. The lowest BCUT2D eigenvalue weighted by Gasteiger charge is -2.09. The summed E-state index contributed by atoms with van der Waals surface area (Å²) < 4.78 is 55.5. The van der Waals surface area contributed by atoms with E-state index in [2.05, 4.69) is 0 Å². The number of rotatable bonds is 2. The number of hydrogen-bond donors (Lipinski definition) is 0. The van der Waals surface area contributed by atoms with Crippen molar-refractivity contribution >= 4 is 9.84 Å². The van der Waals surface area contributed by atoms with Crippen LogP contribution in [0.1, 0.15) is 13.8 Å². The van der Waals surface area contributed by atoms with Gasteiger partial charge in [0.2, 0.25) is 9.84 Å². The van der Waals surface area contributed by atoms with Crippen molar-refractivity contribution < 1.29 is 21.6 Å². The van der Waals surface area contributed by atoms with Crippen molar-refractivity contribution in [3.05, 3.63) is 0 Å². The third-order valence-corrected chi connectivity index (χ3v) is 2.72. The van der Waals surface area contributed by atoms with E-state index < -0.39 is 27.0 Å². The van der Waals surface area contributed by atoms with Crippen LogP contribution in [0.15, 0.2) is 0 Å². The van der Waals surface area contributed by atoms with Crippen molar-refractivity contribution in [1.82, 2.24) is 0 Å². The molecule has 0 unspecified atom stereocenters. The van der Waals surface area contributed by atoms with Crippen LogP contribution in [0.4, 0.5) is 13.2 Å². The van der Waals surface area contributed by atoms with Crippen molar-refractivity contribution in [3.63, 3.8) is 0 Å². The molecular formula is C5H9F3O2S. The second-order valence-corrected chi connectivity index (χ2v) is 4.65. The van der Waals surface area contributed by atoms with E-state index in [9.17, 15) is 21.6 Å². The molecule has 0 saturated heterocycles. The first-order chi connectivity index (χ1) is 4.67. The zero-order valence-corrected chi connectivity index (χ0v) is 6.96. The van der Waals surface area contributed by atoms with Crippen LogP contribution >= 0.6 is 0 Å². The minimum atomic E-state index is -5.10. The highest BCUT2D eigenvalue weighted by Gasteiger charge is 2.45. The van der Waals surface area contributed by atoms with E-state index in [1.807, 2.05) is 0 Å². The first-order valence-corrected chi connectivity index (χ1v) is 4.61. The fourth-order valence-corrected chi connectivity index (χ4v) is 1.60. The molecule has 11 heavy (non-hydrogen) atoms. The molecule has 0 bridgehead atoms. The van der Waals surface area contributed by atoms with Gasteiger partial charge in [-0.2, -0.15) is 13.2 Å². The topological polar surface area (TPSA) is 34.1 Å². The smallest absolute Gasteiger partial charge is 0.220 e. The van der Waals surface area contributed by atoms with Gasteiger partial charge in [0.05, 0.1) is 5.75 Å². The maximum absolute atomic E-state index is 11.6. The quantitative estimate of drug-likeness (QED) is 0.662. The van der Waals surface area contributed by atoms with Gasteiger partial charge in [-0.1, -0.05) is 13.8 Å². The molecule has 0 aromatic rings. The Balaban J connectivity index is 4.51. The Hall–Kier alpha value is -0.260. The number of hydrogen-bond acceptors (Lipinski definition) is 2. The predicted molar refractivity (Wildman–Crippen MR) is 34.7 cm³/mol. The summed E-state index contributed by atoms with van der Waals surface area (Å²) in [7, 11) is -4.90. The molecule has 0 rings (SSSR count). The Morgan fingerprint density at radius 2 is 1.64 bits per heavy atom. The Kier molecular flexibility index (Phi) is 2.93. The van der Waals surface area contributed by atoms with E-state index >= 15 is 0 Å². The van der Waals surface area contributed by atoms with Gasteiger partial charge in [-0.25, -0.2) is 8.42 Å². The molecule has 0 aliphatic rings. The minimum Gasteiger partial charge on any atom is -0.220 e. The zero-order chi connectivity index (χ0) is 9.28. The summed E-state index contributed by atoms with van der Waals surface area (Å²) in [6, 6.07) is 0. The van der Waals surface area contributed by atoms with Crippen LogP contribution in [-0.4, -0.2) is 19.7 Å². The third kappa shape index (κ3) is 3.09. The summed E-state index contributed by atoms with van der Waals surface area (Å²) in [4.78, 5) is 0. The van der Waals surface area contributed by atoms with Gasteiger partial charge >= 0.3 is 5.51 Å². The number of sulfone groups is 1. The van der Waals surface area contributed by atoms with E-state index in [1.165, 1.54) is 13.8 Å².